The quantitative estimate of drug-likeness (QED) is 0.153. The minimum Gasteiger partial charge on any atom is -0.486 e. The molecule has 11 heteroatoms. The van der Waals surface area contributed by atoms with E-state index in [0.29, 0.717) is 19.3 Å². The lowest BCUT2D eigenvalue weighted by Crippen LogP contribution is -2.50. The summed E-state index contributed by atoms with van der Waals surface area (Å²) in [7, 11) is 0. The lowest BCUT2D eigenvalue weighted by Gasteiger charge is -2.29. The highest BCUT2D eigenvalue weighted by atomic mass is 16.6. The van der Waals surface area contributed by atoms with E-state index in [9.17, 15) is 24.0 Å². The second-order valence-corrected chi connectivity index (χ2v) is 11.3. The number of anilines is 1. The molecule has 2 amide bonds. The second kappa shape index (κ2) is 16.9. The van der Waals surface area contributed by atoms with Gasteiger partial charge in [0.25, 0.3) is 5.91 Å². The van der Waals surface area contributed by atoms with Gasteiger partial charge in [-0.1, -0.05) is 86.5 Å². The number of benzene rings is 3. The molecule has 4 rings (SSSR count). The third-order valence-corrected chi connectivity index (χ3v) is 7.80. The van der Waals surface area contributed by atoms with Gasteiger partial charge in [-0.05, 0) is 43.5 Å². The lowest BCUT2D eigenvalue weighted by atomic mass is 9.92. The minimum atomic E-state index is -1.41. The van der Waals surface area contributed by atoms with E-state index >= 15 is 0 Å². The molecule has 0 unspecified atom stereocenters. The number of unbranched alkanes of at least 4 members (excludes halogenated alkanes) is 1. The summed E-state index contributed by atoms with van der Waals surface area (Å²) in [4.78, 5) is 65.2. The van der Waals surface area contributed by atoms with Crippen molar-refractivity contribution in [2.75, 3.05) is 5.32 Å². The summed E-state index contributed by atoms with van der Waals surface area (Å²) in [5.41, 5.74) is 1.83. The minimum absolute atomic E-state index is 0.0283. The molecule has 0 spiro atoms. The topological polar surface area (TPSA) is 146 Å². The molecular weight excluding hydrogens is 604 g/mol. The van der Waals surface area contributed by atoms with Gasteiger partial charge in [-0.2, -0.15) is 0 Å². The van der Waals surface area contributed by atoms with Crippen molar-refractivity contribution >= 4 is 35.9 Å². The van der Waals surface area contributed by atoms with E-state index in [0.717, 1.165) is 17.5 Å². The summed E-state index contributed by atoms with van der Waals surface area (Å²) in [5, 5.41) is 5.17. The van der Waals surface area contributed by atoms with Crippen molar-refractivity contribution in [1.29, 1.82) is 0 Å². The van der Waals surface area contributed by atoms with E-state index in [2.05, 4.69) is 10.6 Å². The van der Waals surface area contributed by atoms with Gasteiger partial charge in [-0.3, -0.25) is 19.2 Å². The monoisotopic (exact) mass is 644 g/mol. The van der Waals surface area contributed by atoms with Crippen LogP contribution in [0.25, 0.3) is 0 Å². The van der Waals surface area contributed by atoms with E-state index in [1.54, 1.807) is 43.3 Å². The summed E-state index contributed by atoms with van der Waals surface area (Å²) in [6.07, 6.45) is -1.12. The van der Waals surface area contributed by atoms with Gasteiger partial charge < -0.3 is 29.6 Å². The molecule has 3 aromatic rings. The summed E-state index contributed by atoms with van der Waals surface area (Å²) in [6.45, 7) is 5.08. The molecule has 0 aromatic heterocycles. The van der Waals surface area contributed by atoms with Crippen LogP contribution in [0.3, 0.4) is 0 Å². The molecule has 0 radical (unpaired) electrons. The Bertz CT molecular complexity index is 1530. The molecule has 1 aliphatic rings. The molecular formula is C36H40N2O9. The number of hydrogen-bond acceptors (Lipinski definition) is 9. The Balaban J connectivity index is 1.57. The van der Waals surface area contributed by atoms with Crippen molar-refractivity contribution in [2.45, 2.75) is 77.4 Å². The fourth-order valence-electron chi connectivity index (χ4n) is 5.33. The highest BCUT2D eigenvalue weighted by Gasteiger charge is 2.44. The number of rotatable bonds is 13. The summed E-state index contributed by atoms with van der Waals surface area (Å²) >= 11 is 0. The number of amides is 2. The standard InChI is InChI=1S/C36H40N2O9/c1-4-5-17-28-32(47-30(40)20-25-13-8-6-9-14-25)24(3)46-36(43)31(23(2)45-35(28)42)38-34(41)27-18-12-19-29(37-22-39)33(27)44-21-26-15-10-7-11-16-26/h6-16,18-19,22-24,28,31-32H,4-5,17,20-21H2,1-3H3,(H,37,39)(H,38,41)/t23-,24+,28-,31+,32+/m1/s1. The number of carbonyl (C=O) groups excluding carboxylic acids is 5. The fourth-order valence-corrected chi connectivity index (χ4v) is 5.33. The lowest BCUT2D eigenvalue weighted by molar-refractivity contribution is -0.174. The molecule has 0 aliphatic carbocycles. The Morgan fingerprint density at radius 2 is 1.51 bits per heavy atom. The molecule has 5 atom stereocenters. The van der Waals surface area contributed by atoms with Gasteiger partial charge in [0.05, 0.1) is 23.6 Å². The van der Waals surface area contributed by atoms with E-state index in [1.807, 2.05) is 43.3 Å². The van der Waals surface area contributed by atoms with Crippen LogP contribution in [0.4, 0.5) is 5.69 Å². The SMILES string of the molecule is CCCC[C@H]1C(=O)O[C@H](C)[C@H](NC(=O)c2cccc(NC=O)c2OCc2ccccc2)C(=O)O[C@@H](C)[C@@H]1OC(=O)Cc1ccccc1. The Morgan fingerprint density at radius 3 is 2.17 bits per heavy atom. The van der Waals surface area contributed by atoms with Crippen molar-refractivity contribution in [3.05, 3.63) is 95.6 Å². The Hall–Kier alpha value is -5.19. The van der Waals surface area contributed by atoms with E-state index in [4.69, 9.17) is 18.9 Å². The number of esters is 3. The molecule has 2 N–H and O–H groups in total. The number of nitrogens with one attached hydrogen (secondary N) is 2. The van der Waals surface area contributed by atoms with Gasteiger partial charge >= 0.3 is 17.9 Å². The number of ether oxygens (including phenoxy) is 4. The largest absolute Gasteiger partial charge is 0.486 e. The van der Waals surface area contributed by atoms with Crippen molar-refractivity contribution in [3.8, 4) is 5.75 Å². The maximum atomic E-state index is 13.7. The van der Waals surface area contributed by atoms with Gasteiger partial charge in [0.15, 0.2) is 17.9 Å². The van der Waals surface area contributed by atoms with Crippen LogP contribution in [0.2, 0.25) is 0 Å². The normalized spacial score (nSPS) is 21.1. The first-order valence-electron chi connectivity index (χ1n) is 15.7. The number of hydrogen-bond donors (Lipinski definition) is 2. The Kier molecular flexibility index (Phi) is 12.5. The van der Waals surface area contributed by atoms with Gasteiger partial charge in [-0.15, -0.1) is 0 Å². The van der Waals surface area contributed by atoms with Crippen LogP contribution in [-0.2, 0) is 46.4 Å². The average Bonchev–Trinajstić information content (AvgIpc) is 3.08. The van der Waals surface area contributed by atoms with Crippen molar-refractivity contribution in [2.24, 2.45) is 5.92 Å². The van der Waals surface area contributed by atoms with E-state index in [1.165, 1.54) is 13.0 Å². The first-order valence-corrected chi connectivity index (χ1v) is 15.7. The maximum absolute atomic E-state index is 13.7. The maximum Gasteiger partial charge on any atom is 0.332 e. The number of para-hydroxylation sites is 1. The van der Waals surface area contributed by atoms with Crippen LogP contribution >= 0.6 is 0 Å². The van der Waals surface area contributed by atoms with Crippen molar-refractivity contribution in [3.63, 3.8) is 0 Å². The summed E-state index contributed by atoms with van der Waals surface area (Å²) in [5.74, 6) is -3.67. The molecule has 3 aromatic carbocycles. The molecule has 1 heterocycles. The van der Waals surface area contributed by atoms with Crippen LogP contribution in [0.5, 0.6) is 5.75 Å². The van der Waals surface area contributed by atoms with Crippen LogP contribution in [-0.4, -0.2) is 54.6 Å². The van der Waals surface area contributed by atoms with Crippen LogP contribution < -0.4 is 15.4 Å². The zero-order valence-electron chi connectivity index (χ0n) is 26.7. The van der Waals surface area contributed by atoms with Gasteiger partial charge in [0, 0.05) is 0 Å². The van der Waals surface area contributed by atoms with Crippen LogP contribution in [0, 0.1) is 5.92 Å². The summed E-state index contributed by atoms with van der Waals surface area (Å²) in [6, 6.07) is 21.4. The summed E-state index contributed by atoms with van der Waals surface area (Å²) < 4.78 is 23.3. The van der Waals surface area contributed by atoms with Gasteiger partial charge in [0.1, 0.15) is 18.8 Å². The first kappa shape index (κ1) is 34.7. The molecule has 0 bridgehead atoms. The Morgan fingerprint density at radius 1 is 0.851 bits per heavy atom. The molecule has 1 saturated heterocycles. The van der Waals surface area contributed by atoms with Crippen molar-refractivity contribution in [1.82, 2.24) is 5.32 Å². The zero-order valence-corrected chi connectivity index (χ0v) is 26.7. The zero-order chi connectivity index (χ0) is 33.8. The van der Waals surface area contributed by atoms with Crippen LogP contribution in [0.15, 0.2) is 78.9 Å². The predicted octanol–water partition coefficient (Wildman–Crippen LogP) is 4.77. The molecule has 47 heavy (non-hydrogen) atoms. The van der Waals surface area contributed by atoms with Gasteiger partial charge in [0.2, 0.25) is 6.41 Å². The van der Waals surface area contributed by atoms with Gasteiger partial charge in [-0.25, -0.2) is 4.79 Å². The smallest absolute Gasteiger partial charge is 0.332 e. The molecule has 11 nitrogen and oxygen atoms in total. The molecule has 0 saturated carbocycles. The molecule has 248 valence electrons. The number of carbonyl (C=O) groups is 5. The second-order valence-electron chi connectivity index (χ2n) is 11.3. The average molecular weight is 645 g/mol. The predicted molar refractivity (Wildman–Crippen MR) is 172 cm³/mol. The van der Waals surface area contributed by atoms with Crippen molar-refractivity contribution < 1.29 is 42.9 Å². The van der Waals surface area contributed by atoms with Crippen LogP contribution in [0.1, 0.15) is 61.5 Å². The fraction of sp³-hybridized carbons (Fsp3) is 0.361. The molecule has 1 fully saturated rings. The third-order valence-electron chi connectivity index (χ3n) is 7.80. The number of cyclic esters (lactones) is 2. The van der Waals surface area contributed by atoms with E-state index < -0.39 is 54.1 Å². The third kappa shape index (κ3) is 9.41. The highest BCUT2D eigenvalue weighted by Crippen LogP contribution is 2.31. The first-order chi connectivity index (χ1) is 22.7. The Labute approximate surface area is 273 Å². The van der Waals surface area contributed by atoms with E-state index in [-0.39, 0.29) is 30.0 Å². The highest BCUT2D eigenvalue weighted by molar-refractivity contribution is 6.01. The molecule has 1 aliphatic heterocycles.